The SMILES string of the molecule is CCCc1nc(C)c2c(=S)nc(S(=O)(=O)c3cc(N4CCN(CC)C(=O)C4=O)ccc3OCC)[nH]n12. The summed E-state index contributed by atoms with van der Waals surface area (Å²) < 4.78 is 35.0. The monoisotopic (exact) mass is 532 g/mol. The summed E-state index contributed by atoms with van der Waals surface area (Å²) in [4.78, 5) is 36.4. The Hall–Kier alpha value is -3.32. The molecule has 4 rings (SSSR count). The minimum absolute atomic E-state index is 0.101. The van der Waals surface area contributed by atoms with E-state index in [1.807, 2.05) is 6.92 Å². The number of imidazole rings is 1. The molecule has 0 saturated carbocycles. The van der Waals surface area contributed by atoms with Crippen molar-refractivity contribution in [3.05, 3.63) is 34.4 Å². The number of aromatic nitrogens is 4. The number of ether oxygens (including phenoxy) is 1. The van der Waals surface area contributed by atoms with Gasteiger partial charge in [-0.05, 0) is 45.4 Å². The molecule has 1 aromatic carbocycles. The minimum Gasteiger partial charge on any atom is -0.492 e. The molecule has 3 aromatic rings. The number of nitrogens with zero attached hydrogens (tertiary/aromatic N) is 5. The Morgan fingerprint density at radius 3 is 2.53 bits per heavy atom. The summed E-state index contributed by atoms with van der Waals surface area (Å²) in [5.41, 5.74) is 1.47. The molecule has 36 heavy (non-hydrogen) atoms. The number of H-pyrrole nitrogens is 1. The van der Waals surface area contributed by atoms with Crippen molar-refractivity contribution in [2.24, 2.45) is 0 Å². The summed E-state index contributed by atoms with van der Waals surface area (Å²) >= 11 is 5.43. The van der Waals surface area contributed by atoms with Crippen LogP contribution < -0.4 is 9.64 Å². The van der Waals surface area contributed by atoms with Gasteiger partial charge in [-0.15, -0.1) is 0 Å². The van der Waals surface area contributed by atoms with Crippen molar-refractivity contribution in [2.75, 3.05) is 31.1 Å². The van der Waals surface area contributed by atoms with Crippen molar-refractivity contribution in [2.45, 2.75) is 50.6 Å². The van der Waals surface area contributed by atoms with E-state index in [0.717, 1.165) is 6.42 Å². The number of hydrogen-bond donors (Lipinski definition) is 1. The number of rotatable bonds is 8. The van der Waals surface area contributed by atoms with Crippen LogP contribution in [0.5, 0.6) is 5.75 Å². The molecular weight excluding hydrogens is 504 g/mol. The first-order valence-electron chi connectivity index (χ1n) is 11.7. The normalized spacial score (nSPS) is 14.7. The highest BCUT2D eigenvalue weighted by Gasteiger charge is 2.34. The van der Waals surface area contributed by atoms with Crippen LogP contribution in [0.3, 0.4) is 0 Å². The lowest BCUT2D eigenvalue weighted by Crippen LogP contribution is -2.54. The van der Waals surface area contributed by atoms with Crippen LogP contribution >= 0.6 is 12.2 Å². The molecule has 11 nitrogen and oxygen atoms in total. The Bertz CT molecular complexity index is 1510. The summed E-state index contributed by atoms with van der Waals surface area (Å²) in [6, 6.07) is 4.38. The fourth-order valence-electron chi connectivity index (χ4n) is 4.21. The Labute approximate surface area is 214 Å². The van der Waals surface area contributed by atoms with E-state index >= 15 is 0 Å². The molecule has 2 amide bonds. The molecule has 192 valence electrons. The van der Waals surface area contributed by atoms with Crippen LogP contribution in [0.4, 0.5) is 5.69 Å². The number of benzene rings is 1. The average molecular weight is 533 g/mol. The number of aromatic amines is 1. The lowest BCUT2D eigenvalue weighted by molar-refractivity contribution is -0.146. The molecule has 0 bridgehead atoms. The second kappa shape index (κ2) is 9.97. The van der Waals surface area contributed by atoms with Crippen molar-refractivity contribution in [1.82, 2.24) is 24.5 Å². The molecule has 0 aliphatic carbocycles. The number of fused-ring (bicyclic) bond motifs is 1. The van der Waals surface area contributed by atoms with Gasteiger partial charge in [-0.3, -0.25) is 14.7 Å². The number of likely N-dealkylation sites (N-methyl/N-ethyl adjacent to an activating group) is 1. The molecule has 3 heterocycles. The molecule has 1 aliphatic heterocycles. The van der Waals surface area contributed by atoms with Crippen LogP contribution in [0, 0.1) is 11.6 Å². The number of hydrogen-bond acceptors (Lipinski definition) is 8. The van der Waals surface area contributed by atoms with Gasteiger partial charge in [0.1, 0.15) is 22.0 Å². The molecule has 0 radical (unpaired) electrons. The van der Waals surface area contributed by atoms with E-state index in [2.05, 4.69) is 15.1 Å². The molecule has 0 atom stereocenters. The van der Waals surface area contributed by atoms with Crippen LogP contribution in [0.1, 0.15) is 38.7 Å². The Kier molecular flexibility index (Phi) is 7.14. The zero-order valence-electron chi connectivity index (χ0n) is 20.6. The van der Waals surface area contributed by atoms with Gasteiger partial charge < -0.3 is 14.5 Å². The van der Waals surface area contributed by atoms with Crippen LogP contribution in [-0.4, -0.2) is 71.0 Å². The van der Waals surface area contributed by atoms with Crippen LogP contribution in [0.2, 0.25) is 0 Å². The minimum atomic E-state index is -4.28. The number of nitrogens with one attached hydrogen (secondary N) is 1. The summed E-state index contributed by atoms with van der Waals surface area (Å²) in [6.45, 7) is 8.55. The molecule has 0 unspecified atom stereocenters. The summed E-state index contributed by atoms with van der Waals surface area (Å²) in [5, 5.41) is 2.50. The van der Waals surface area contributed by atoms with E-state index in [1.54, 1.807) is 31.4 Å². The highest BCUT2D eigenvalue weighted by molar-refractivity contribution is 7.91. The van der Waals surface area contributed by atoms with E-state index in [9.17, 15) is 18.0 Å². The van der Waals surface area contributed by atoms with Gasteiger partial charge in [-0.2, -0.15) is 0 Å². The first-order valence-corrected chi connectivity index (χ1v) is 13.6. The second-order valence-electron chi connectivity index (χ2n) is 8.29. The summed E-state index contributed by atoms with van der Waals surface area (Å²) in [6.07, 6.45) is 1.42. The Morgan fingerprint density at radius 1 is 1.11 bits per heavy atom. The maximum Gasteiger partial charge on any atom is 0.316 e. The number of anilines is 1. The van der Waals surface area contributed by atoms with Crippen molar-refractivity contribution in [1.29, 1.82) is 0 Å². The summed E-state index contributed by atoms with van der Waals surface area (Å²) in [5.74, 6) is -0.597. The van der Waals surface area contributed by atoms with E-state index < -0.39 is 21.7 Å². The summed E-state index contributed by atoms with van der Waals surface area (Å²) in [7, 11) is -4.28. The average Bonchev–Trinajstić information content (AvgIpc) is 3.17. The number of aryl methyl sites for hydroxylation is 2. The molecule has 1 N–H and O–H groups in total. The van der Waals surface area contributed by atoms with Crippen molar-refractivity contribution in [3.63, 3.8) is 0 Å². The molecule has 1 saturated heterocycles. The largest absolute Gasteiger partial charge is 0.492 e. The van der Waals surface area contributed by atoms with Crippen LogP contribution in [0.25, 0.3) is 5.52 Å². The van der Waals surface area contributed by atoms with Gasteiger partial charge in [-0.1, -0.05) is 19.1 Å². The van der Waals surface area contributed by atoms with Gasteiger partial charge in [0.2, 0.25) is 15.0 Å². The highest BCUT2D eigenvalue weighted by Crippen LogP contribution is 2.33. The number of piperazine rings is 1. The van der Waals surface area contributed by atoms with Gasteiger partial charge in [0.05, 0.1) is 12.3 Å². The van der Waals surface area contributed by atoms with Crippen LogP contribution in [-0.2, 0) is 25.8 Å². The molecule has 0 spiro atoms. The second-order valence-corrected chi connectivity index (χ2v) is 10.5. The highest BCUT2D eigenvalue weighted by atomic mass is 32.2. The Balaban J connectivity index is 1.85. The van der Waals surface area contributed by atoms with Crippen molar-refractivity contribution >= 4 is 45.1 Å². The molecule has 1 aliphatic rings. The maximum absolute atomic E-state index is 13.8. The van der Waals surface area contributed by atoms with Gasteiger partial charge >= 0.3 is 11.8 Å². The zero-order chi connectivity index (χ0) is 26.2. The lowest BCUT2D eigenvalue weighted by Gasteiger charge is -2.33. The molecule has 1 fully saturated rings. The van der Waals surface area contributed by atoms with Gasteiger partial charge in [0.15, 0.2) is 4.64 Å². The standard InChI is InChI=1S/C23H28N6O5S2/c1-5-8-18-24-14(4)19-20(35)25-23(26-29(18)19)36(32,33)17-13-15(9-10-16(17)34-7-3)28-12-11-27(6-2)21(30)22(28)31/h9-10,13H,5-8,11-12H2,1-4H3,(H,25,26,35). The van der Waals surface area contributed by atoms with Crippen molar-refractivity contribution in [3.8, 4) is 5.75 Å². The lowest BCUT2D eigenvalue weighted by atomic mass is 10.2. The van der Waals surface area contributed by atoms with Gasteiger partial charge in [-0.25, -0.2) is 22.9 Å². The first-order chi connectivity index (χ1) is 17.1. The third-order valence-corrected chi connectivity index (χ3v) is 7.86. The van der Waals surface area contributed by atoms with E-state index in [0.29, 0.717) is 36.5 Å². The molecular formula is C23H28N6O5S2. The predicted octanol–water partition coefficient (Wildman–Crippen LogP) is 2.47. The topological polar surface area (TPSA) is 130 Å². The van der Waals surface area contributed by atoms with Gasteiger partial charge in [0, 0.05) is 31.7 Å². The van der Waals surface area contributed by atoms with E-state index in [1.165, 1.54) is 21.9 Å². The number of amides is 2. The maximum atomic E-state index is 13.8. The first kappa shape index (κ1) is 25.8. The predicted molar refractivity (Wildman–Crippen MR) is 135 cm³/mol. The van der Waals surface area contributed by atoms with Crippen molar-refractivity contribution < 1.29 is 22.7 Å². The molecule has 2 aromatic heterocycles. The zero-order valence-corrected chi connectivity index (χ0v) is 22.2. The van der Waals surface area contributed by atoms with E-state index in [4.69, 9.17) is 17.0 Å². The Morgan fingerprint density at radius 2 is 1.86 bits per heavy atom. The third kappa shape index (κ3) is 4.37. The fourth-order valence-corrected chi connectivity index (χ4v) is 5.90. The number of carbonyl (C=O) groups is 2. The molecule has 13 heteroatoms. The fraction of sp³-hybridized carbons (Fsp3) is 0.435. The van der Waals surface area contributed by atoms with Crippen LogP contribution in [0.15, 0.2) is 28.3 Å². The number of sulfone groups is 1. The quantitative estimate of drug-likeness (QED) is 0.346. The smallest absolute Gasteiger partial charge is 0.316 e. The van der Waals surface area contributed by atoms with E-state index in [-0.39, 0.29) is 39.3 Å². The third-order valence-electron chi connectivity index (χ3n) is 5.98. The number of carbonyl (C=O) groups excluding carboxylic acids is 2. The van der Waals surface area contributed by atoms with Gasteiger partial charge in [0.25, 0.3) is 0 Å².